The summed E-state index contributed by atoms with van der Waals surface area (Å²) >= 11 is 0. The maximum atomic E-state index is 13.1. The maximum Gasteiger partial charge on any atom is 0.341 e. The van der Waals surface area contributed by atoms with Crippen LogP contribution in [0.25, 0.3) is 0 Å². The Labute approximate surface area is 98.5 Å². The van der Waals surface area contributed by atoms with Crippen LogP contribution in [0.4, 0.5) is 10.1 Å². The van der Waals surface area contributed by atoms with Crippen molar-refractivity contribution in [3.05, 3.63) is 35.7 Å². The van der Waals surface area contributed by atoms with E-state index >= 15 is 0 Å². The van der Waals surface area contributed by atoms with Crippen molar-refractivity contribution in [3.63, 3.8) is 0 Å². The zero-order valence-electron chi connectivity index (χ0n) is 9.50. The van der Waals surface area contributed by atoms with Crippen LogP contribution in [-0.4, -0.2) is 17.7 Å². The molecule has 17 heavy (non-hydrogen) atoms. The SMILES string of the molecule is C=C(C)CCOc1ccc(F)c(N)c1C(=O)O. The first-order valence-corrected chi connectivity index (χ1v) is 5.02. The number of hydrogen-bond donors (Lipinski definition) is 2. The molecule has 4 nitrogen and oxygen atoms in total. The van der Waals surface area contributed by atoms with Gasteiger partial charge in [0.25, 0.3) is 0 Å². The van der Waals surface area contributed by atoms with Gasteiger partial charge in [-0.05, 0) is 19.1 Å². The minimum atomic E-state index is -1.31. The summed E-state index contributed by atoms with van der Waals surface area (Å²) in [7, 11) is 0. The Kier molecular flexibility index (Phi) is 4.09. The van der Waals surface area contributed by atoms with Crippen molar-refractivity contribution in [2.45, 2.75) is 13.3 Å². The number of carbonyl (C=O) groups is 1. The van der Waals surface area contributed by atoms with Crippen molar-refractivity contribution >= 4 is 11.7 Å². The molecule has 1 aromatic carbocycles. The van der Waals surface area contributed by atoms with Gasteiger partial charge in [-0.2, -0.15) is 0 Å². The largest absolute Gasteiger partial charge is 0.492 e. The van der Waals surface area contributed by atoms with E-state index in [1.165, 1.54) is 6.07 Å². The lowest BCUT2D eigenvalue weighted by atomic mass is 10.1. The lowest BCUT2D eigenvalue weighted by molar-refractivity contribution is 0.0693. The van der Waals surface area contributed by atoms with Gasteiger partial charge in [-0.15, -0.1) is 6.58 Å². The first-order valence-electron chi connectivity index (χ1n) is 5.02. The summed E-state index contributed by atoms with van der Waals surface area (Å²) in [5.41, 5.74) is 5.52. The van der Waals surface area contributed by atoms with Gasteiger partial charge >= 0.3 is 5.97 Å². The average Bonchev–Trinajstić information content (AvgIpc) is 2.22. The van der Waals surface area contributed by atoms with Crippen molar-refractivity contribution in [1.29, 1.82) is 0 Å². The van der Waals surface area contributed by atoms with Gasteiger partial charge in [0.1, 0.15) is 17.1 Å². The lowest BCUT2D eigenvalue weighted by Gasteiger charge is -2.11. The van der Waals surface area contributed by atoms with Crippen LogP contribution in [0.5, 0.6) is 5.75 Å². The Bertz CT molecular complexity index is 457. The summed E-state index contributed by atoms with van der Waals surface area (Å²) in [4.78, 5) is 10.9. The number of hydrogen-bond acceptors (Lipinski definition) is 3. The molecule has 3 N–H and O–H groups in total. The summed E-state index contributed by atoms with van der Waals surface area (Å²) in [5.74, 6) is -2.01. The maximum absolute atomic E-state index is 13.1. The van der Waals surface area contributed by atoms with Gasteiger partial charge in [0.15, 0.2) is 0 Å². The summed E-state index contributed by atoms with van der Waals surface area (Å²) in [6, 6.07) is 2.34. The lowest BCUT2D eigenvalue weighted by Crippen LogP contribution is -2.09. The smallest absolute Gasteiger partial charge is 0.341 e. The van der Waals surface area contributed by atoms with E-state index in [4.69, 9.17) is 15.6 Å². The highest BCUT2D eigenvalue weighted by Gasteiger charge is 2.18. The van der Waals surface area contributed by atoms with Crippen molar-refractivity contribution < 1.29 is 19.0 Å². The topological polar surface area (TPSA) is 72.5 Å². The zero-order chi connectivity index (χ0) is 13.0. The fraction of sp³-hybridized carbons (Fsp3) is 0.250. The number of ether oxygens (including phenoxy) is 1. The third-order valence-electron chi connectivity index (χ3n) is 2.15. The Morgan fingerprint density at radius 1 is 1.59 bits per heavy atom. The quantitative estimate of drug-likeness (QED) is 0.611. The molecule has 0 radical (unpaired) electrons. The van der Waals surface area contributed by atoms with Crippen LogP contribution in [0, 0.1) is 5.82 Å². The van der Waals surface area contributed by atoms with Gasteiger partial charge in [0.05, 0.1) is 12.3 Å². The van der Waals surface area contributed by atoms with Crippen LogP contribution in [0.2, 0.25) is 0 Å². The summed E-state index contributed by atoms with van der Waals surface area (Å²) in [5, 5.41) is 8.94. The molecule has 0 bridgehead atoms. The Morgan fingerprint density at radius 2 is 2.24 bits per heavy atom. The number of aromatic carboxylic acids is 1. The Morgan fingerprint density at radius 3 is 2.76 bits per heavy atom. The van der Waals surface area contributed by atoms with E-state index in [1.807, 2.05) is 6.92 Å². The number of carboxylic acids is 1. The van der Waals surface area contributed by atoms with Crippen LogP contribution >= 0.6 is 0 Å². The second kappa shape index (κ2) is 5.34. The highest BCUT2D eigenvalue weighted by Crippen LogP contribution is 2.27. The molecular formula is C12H14FNO3. The average molecular weight is 239 g/mol. The second-order valence-electron chi connectivity index (χ2n) is 3.69. The van der Waals surface area contributed by atoms with Crippen molar-refractivity contribution in [3.8, 4) is 5.75 Å². The molecular weight excluding hydrogens is 225 g/mol. The minimum absolute atomic E-state index is 0.0673. The molecule has 1 rings (SSSR count). The highest BCUT2D eigenvalue weighted by atomic mass is 19.1. The van der Waals surface area contributed by atoms with Gasteiger partial charge in [0, 0.05) is 6.42 Å². The molecule has 0 heterocycles. The predicted molar refractivity (Wildman–Crippen MR) is 62.7 cm³/mol. The third kappa shape index (κ3) is 3.21. The van der Waals surface area contributed by atoms with E-state index in [-0.39, 0.29) is 17.9 Å². The molecule has 0 amide bonds. The summed E-state index contributed by atoms with van der Waals surface area (Å²) < 4.78 is 18.4. The molecule has 0 aliphatic carbocycles. The van der Waals surface area contributed by atoms with E-state index in [1.54, 1.807) is 0 Å². The van der Waals surface area contributed by atoms with Crippen LogP contribution < -0.4 is 10.5 Å². The first-order chi connectivity index (χ1) is 7.93. The number of nitrogens with two attached hydrogens (primary N) is 1. The fourth-order valence-electron chi connectivity index (χ4n) is 1.25. The normalized spacial score (nSPS) is 10.0. The van der Waals surface area contributed by atoms with Gasteiger partial charge in [-0.1, -0.05) is 5.57 Å². The highest BCUT2D eigenvalue weighted by molar-refractivity contribution is 5.96. The third-order valence-corrected chi connectivity index (χ3v) is 2.15. The van der Waals surface area contributed by atoms with Crippen LogP contribution in [-0.2, 0) is 0 Å². The Hall–Kier alpha value is -2.04. The molecule has 0 spiro atoms. The van der Waals surface area contributed by atoms with E-state index in [2.05, 4.69) is 6.58 Å². The molecule has 5 heteroatoms. The molecule has 0 saturated carbocycles. The van der Waals surface area contributed by atoms with Crippen molar-refractivity contribution in [2.75, 3.05) is 12.3 Å². The molecule has 0 atom stereocenters. The molecule has 0 aliphatic heterocycles. The number of halogens is 1. The predicted octanol–water partition coefficient (Wildman–Crippen LogP) is 2.45. The molecule has 0 unspecified atom stereocenters. The fourth-order valence-corrected chi connectivity index (χ4v) is 1.25. The summed E-state index contributed by atoms with van der Waals surface area (Å²) in [6.07, 6.45) is 0.594. The van der Waals surface area contributed by atoms with Gasteiger partial charge in [-0.25, -0.2) is 9.18 Å². The Balaban J connectivity index is 2.95. The first kappa shape index (κ1) is 13.0. The van der Waals surface area contributed by atoms with E-state index in [0.29, 0.717) is 6.42 Å². The van der Waals surface area contributed by atoms with Crippen LogP contribution in [0.3, 0.4) is 0 Å². The van der Waals surface area contributed by atoms with Gasteiger partial charge in [0.2, 0.25) is 0 Å². The van der Waals surface area contributed by atoms with Gasteiger partial charge < -0.3 is 15.6 Å². The van der Waals surface area contributed by atoms with Crippen LogP contribution in [0.1, 0.15) is 23.7 Å². The number of anilines is 1. The number of carboxylic acid groups (broad SMARTS) is 1. The van der Waals surface area contributed by atoms with E-state index in [9.17, 15) is 9.18 Å². The minimum Gasteiger partial charge on any atom is -0.492 e. The molecule has 0 saturated heterocycles. The molecule has 92 valence electrons. The molecule has 1 aromatic rings. The standard InChI is InChI=1S/C12H14FNO3/c1-7(2)5-6-17-9-4-3-8(13)11(14)10(9)12(15)16/h3-4H,1,5-6,14H2,2H3,(H,15,16). The zero-order valence-corrected chi connectivity index (χ0v) is 9.50. The summed E-state index contributed by atoms with van der Waals surface area (Å²) in [6.45, 7) is 5.81. The van der Waals surface area contributed by atoms with E-state index < -0.39 is 17.5 Å². The van der Waals surface area contributed by atoms with Crippen molar-refractivity contribution in [1.82, 2.24) is 0 Å². The monoisotopic (exact) mass is 239 g/mol. The molecule has 0 aromatic heterocycles. The van der Waals surface area contributed by atoms with Gasteiger partial charge in [-0.3, -0.25) is 0 Å². The second-order valence-corrected chi connectivity index (χ2v) is 3.69. The molecule has 0 fully saturated rings. The number of rotatable bonds is 5. The number of benzene rings is 1. The van der Waals surface area contributed by atoms with Crippen LogP contribution in [0.15, 0.2) is 24.3 Å². The number of nitrogen functional groups attached to an aromatic ring is 1. The van der Waals surface area contributed by atoms with E-state index in [0.717, 1.165) is 11.6 Å². The molecule has 0 aliphatic rings. The van der Waals surface area contributed by atoms with Crippen molar-refractivity contribution in [2.24, 2.45) is 0 Å².